The van der Waals surface area contributed by atoms with Crippen LogP contribution < -0.4 is 0 Å². The molecule has 0 unspecified atom stereocenters. The van der Waals surface area contributed by atoms with E-state index in [1.165, 1.54) is 4.31 Å². The number of rotatable bonds is 6. The van der Waals surface area contributed by atoms with Gasteiger partial charge in [-0.2, -0.15) is 0 Å². The second-order valence-electron chi connectivity index (χ2n) is 5.54. The molecule has 0 bridgehead atoms. The van der Waals surface area contributed by atoms with Crippen molar-refractivity contribution in [2.45, 2.75) is 24.5 Å². The average molecular weight is 332 g/mol. The summed E-state index contributed by atoms with van der Waals surface area (Å²) in [5, 5.41) is 0. The molecule has 2 rings (SSSR count). The lowest BCUT2D eigenvalue weighted by molar-refractivity contribution is 0.0620. The van der Waals surface area contributed by atoms with Crippen LogP contribution in [0.15, 0.2) is 24.3 Å². The molecule has 0 aliphatic carbocycles. The van der Waals surface area contributed by atoms with E-state index >= 15 is 0 Å². The zero-order valence-corrected chi connectivity index (χ0v) is 13.9. The fourth-order valence-corrected chi connectivity index (χ4v) is 3.90. The molecule has 0 radical (unpaired) electrons. The van der Waals surface area contributed by atoms with Gasteiger partial charge in [-0.1, -0.05) is 24.3 Å². The van der Waals surface area contributed by atoms with Crippen LogP contribution in [0.1, 0.15) is 24.0 Å². The SMILES string of the molecule is CN(CC1CCOCC1)S(=O)(=O)Cc1ccc(CCl)cc1. The monoisotopic (exact) mass is 331 g/mol. The zero-order chi connectivity index (χ0) is 15.3. The largest absolute Gasteiger partial charge is 0.381 e. The molecule has 0 spiro atoms. The lowest BCUT2D eigenvalue weighted by Gasteiger charge is -2.26. The first-order chi connectivity index (χ1) is 10.0. The highest BCUT2D eigenvalue weighted by Gasteiger charge is 2.23. The predicted molar refractivity (Wildman–Crippen MR) is 84.8 cm³/mol. The van der Waals surface area contributed by atoms with Crippen LogP contribution in [-0.2, 0) is 26.4 Å². The average Bonchev–Trinajstić information content (AvgIpc) is 2.48. The van der Waals surface area contributed by atoms with Gasteiger partial charge in [0.25, 0.3) is 0 Å². The van der Waals surface area contributed by atoms with E-state index in [1.54, 1.807) is 7.05 Å². The smallest absolute Gasteiger partial charge is 0.218 e. The van der Waals surface area contributed by atoms with Crippen LogP contribution in [0.2, 0.25) is 0 Å². The van der Waals surface area contributed by atoms with Gasteiger partial charge in [0, 0.05) is 32.7 Å². The molecule has 0 atom stereocenters. The molecule has 1 saturated heterocycles. The molecule has 118 valence electrons. The van der Waals surface area contributed by atoms with E-state index in [-0.39, 0.29) is 5.75 Å². The van der Waals surface area contributed by atoms with Crippen LogP contribution in [0, 0.1) is 5.92 Å². The van der Waals surface area contributed by atoms with E-state index < -0.39 is 10.0 Å². The molecule has 0 aromatic heterocycles. The van der Waals surface area contributed by atoms with Crippen LogP contribution in [0.3, 0.4) is 0 Å². The minimum atomic E-state index is -3.27. The highest BCUT2D eigenvalue weighted by Crippen LogP contribution is 2.19. The number of benzene rings is 1. The first kappa shape index (κ1) is 16.7. The second-order valence-corrected chi connectivity index (χ2v) is 7.89. The van der Waals surface area contributed by atoms with Gasteiger partial charge in [-0.15, -0.1) is 11.6 Å². The quantitative estimate of drug-likeness (QED) is 0.753. The summed E-state index contributed by atoms with van der Waals surface area (Å²) in [5.74, 6) is 0.878. The van der Waals surface area contributed by atoms with Crippen molar-refractivity contribution in [3.63, 3.8) is 0 Å². The van der Waals surface area contributed by atoms with Gasteiger partial charge in [-0.3, -0.25) is 0 Å². The van der Waals surface area contributed by atoms with E-state index in [0.29, 0.717) is 18.3 Å². The van der Waals surface area contributed by atoms with Gasteiger partial charge in [0.1, 0.15) is 0 Å². The molecular weight excluding hydrogens is 310 g/mol. The molecule has 1 aromatic rings. The summed E-state index contributed by atoms with van der Waals surface area (Å²) < 4.78 is 31.6. The molecule has 1 aromatic carbocycles. The first-order valence-electron chi connectivity index (χ1n) is 7.17. The summed E-state index contributed by atoms with van der Waals surface area (Å²) >= 11 is 5.73. The summed E-state index contributed by atoms with van der Waals surface area (Å²) in [6.45, 7) is 2.04. The molecule has 0 amide bonds. The van der Waals surface area contributed by atoms with Gasteiger partial charge < -0.3 is 4.74 Å². The number of nitrogens with zero attached hydrogens (tertiary/aromatic N) is 1. The number of hydrogen-bond acceptors (Lipinski definition) is 3. The van der Waals surface area contributed by atoms with Crippen LogP contribution in [0.4, 0.5) is 0 Å². The van der Waals surface area contributed by atoms with Crippen molar-refractivity contribution in [2.75, 3.05) is 26.8 Å². The Hall–Kier alpha value is -0.620. The summed E-state index contributed by atoms with van der Waals surface area (Å²) in [6.07, 6.45) is 1.87. The molecule has 1 heterocycles. The molecule has 1 fully saturated rings. The zero-order valence-electron chi connectivity index (χ0n) is 12.3. The fraction of sp³-hybridized carbons (Fsp3) is 0.600. The Labute approximate surface area is 132 Å². The summed E-state index contributed by atoms with van der Waals surface area (Å²) in [4.78, 5) is 0. The molecular formula is C15H22ClNO3S. The number of halogens is 1. The van der Waals surface area contributed by atoms with Gasteiger partial charge in [0.15, 0.2) is 0 Å². The molecule has 1 aliphatic heterocycles. The van der Waals surface area contributed by atoms with Crippen LogP contribution >= 0.6 is 11.6 Å². The van der Waals surface area contributed by atoms with E-state index in [9.17, 15) is 8.42 Å². The van der Waals surface area contributed by atoms with Gasteiger partial charge >= 0.3 is 0 Å². The van der Waals surface area contributed by atoms with Crippen molar-refractivity contribution in [1.29, 1.82) is 0 Å². The van der Waals surface area contributed by atoms with Crippen molar-refractivity contribution < 1.29 is 13.2 Å². The topological polar surface area (TPSA) is 46.6 Å². The standard InChI is InChI=1S/C15H22ClNO3S/c1-17(11-14-6-8-20-9-7-14)21(18,19)12-15-4-2-13(10-16)3-5-15/h2-5,14H,6-12H2,1H3. The Kier molecular flexibility index (Phi) is 6.05. The number of alkyl halides is 1. The molecule has 0 saturated carbocycles. The molecule has 1 aliphatic rings. The highest BCUT2D eigenvalue weighted by atomic mass is 35.5. The minimum absolute atomic E-state index is 0.0370. The Balaban J connectivity index is 1.95. The lowest BCUT2D eigenvalue weighted by Crippen LogP contribution is -2.34. The Morgan fingerprint density at radius 2 is 1.76 bits per heavy atom. The third kappa shape index (κ3) is 4.95. The summed E-state index contributed by atoms with van der Waals surface area (Å²) in [5.41, 5.74) is 1.79. The number of sulfonamides is 1. The van der Waals surface area contributed by atoms with Crippen molar-refractivity contribution in [1.82, 2.24) is 4.31 Å². The van der Waals surface area contributed by atoms with Crippen molar-refractivity contribution in [3.05, 3.63) is 35.4 Å². The number of hydrogen-bond donors (Lipinski definition) is 0. The maximum absolute atomic E-state index is 12.4. The minimum Gasteiger partial charge on any atom is -0.381 e. The maximum atomic E-state index is 12.4. The fourth-order valence-electron chi connectivity index (χ4n) is 2.45. The Morgan fingerprint density at radius 3 is 2.33 bits per heavy atom. The van der Waals surface area contributed by atoms with Gasteiger partial charge in [0.05, 0.1) is 5.75 Å². The van der Waals surface area contributed by atoms with Crippen LogP contribution in [-0.4, -0.2) is 39.5 Å². The molecule has 6 heteroatoms. The van der Waals surface area contributed by atoms with Gasteiger partial charge in [-0.05, 0) is 29.9 Å². The van der Waals surface area contributed by atoms with Crippen molar-refractivity contribution >= 4 is 21.6 Å². The van der Waals surface area contributed by atoms with E-state index in [1.807, 2.05) is 24.3 Å². The van der Waals surface area contributed by atoms with Crippen molar-refractivity contribution in [3.8, 4) is 0 Å². The molecule has 21 heavy (non-hydrogen) atoms. The van der Waals surface area contributed by atoms with E-state index in [0.717, 1.165) is 37.2 Å². The third-order valence-corrected chi connectivity index (χ3v) is 5.96. The Morgan fingerprint density at radius 1 is 1.19 bits per heavy atom. The van der Waals surface area contributed by atoms with E-state index in [4.69, 9.17) is 16.3 Å². The first-order valence-corrected chi connectivity index (χ1v) is 9.31. The molecule has 4 nitrogen and oxygen atoms in total. The number of ether oxygens (including phenoxy) is 1. The second kappa shape index (κ2) is 7.58. The van der Waals surface area contributed by atoms with Crippen molar-refractivity contribution in [2.24, 2.45) is 5.92 Å². The highest BCUT2D eigenvalue weighted by molar-refractivity contribution is 7.88. The maximum Gasteiger partial charge on any atom is 0.218 e. The van der Waals surface area contributed by atoms with Crippen LogP contribution in [0.5, 0.6) is 0 Å². The van der Waals surface area contributed by atoms with E-state index in [2.05, 4.69) is 0 Å². The summed E-state index contributed by atoms with van der Waals surface area (Å²) in [7, 11) is -1.61. The Bertz CT molecular complexity index is 539. The normalized spacial score (nSPS) is 17.3. The summed E-state index contributed by atoms with van der Waals surface area (Å²) in [6, 6.07) is 7.40. The third-order valence-electron chi connectivity index (χ3n) is 3.86. The predicted octanol–water partition coefficient (Wildman–Crippen LogP) is 2.61. The van der Waals surface area contributed by atoms with Gasteiger partial charge in [0.2, 0.25) is 10.0 Å². The lowest BCUT2D eigenvalue weighted by atomic mass is 10.0. The van der Waals surface area contributed by atoms with Crippen LogP contribution in [0.25, 0.3) is 0 Å². The molecule has 0 N–H and O–H groups in total. The van der Waals surface area contributed by atoms with Gasteiger partial charge in [-0.25, -0.2) is 12.7 Å².